The number of nitrogens with zero attached hydrogens (tertiary/aromatic N) is 3. The molecule has 2 aromatic carbocycles. The number of halogens is 1. The summed E-state index contributed by atoms with van der Waals surface area (Å²) in [6, 6.07) is 16.3. The van der Waals surface area contributed by atoms with Gasteiger partial charge in [-0.15, -0.1) is 0 Å². The van der Waals surface area contributed by atoms with Crippen LogP contribution in [0.3, 0.4) is 0 Å². The van der Waals surface area contributed by atoms with E-state index in [9.17, 15) is 19.1 Å². The van der Waals surface area contributed by atoms with Gasteiger partial charge >= 0.3 is 5.97 Å². The molecule has 3 heterocycles. The Kier molecular flexibility index (Phi) is 10.3. The lowest BCUT2D eigenvalue weighted by molar-refractivity contribution is -0.143. The molecule has 0 saturated carbocycles. The number of hydrogen-bond acceptors (Lipinski definition) is 5. The highest BCUT2D eigenvalue weighted by atomic mass is 19.1. The fourth-order valence-corrected chi connectivity index (χ4v) is 7.13. The molecule has 2 aliphatic heterocycles. The molecule has 234 valence electrons. The van der Waals surface area contributed by atoms with Crippen LogP contribution < -0.4 is 9.64 Å². The zero-order valence-corrected chi connectivity index (χ0v) is 26.0. The predicted molar refractivity (Wildman–Crippen MR) is 170 cm³/mol. The number of fused-ring (bicyclic) bond motifs is 1. The van der Waals surface area contributed by atoms with Gasteiger partial charge in [0.2, 0.25) is 5.91 Å². The van der Waals surface area contributed by atoms with Crippen molar-refractivity contribution in [3.8, 4) is 5.75 Å². The van der Waals surface area contributed by atoms with Crippen LogP contribution in [0.25, 0.3) is 0 Å². The average Bonchev–Trinajstić information content (AvgIpc) is 3.63. The fourth-order valence-electron chi connectivity index (χ4n) is 7.13. The van der Waals surface area contributed by atoms with Gasteiger partial charge in [0.15, 0.2) is 0 Å². The van der Waals surface area contributed by atoms with Crippen molar-refractivity contribution in [2.24, 2.45) is 5.92 Å². The molecule has 1 fully saturated rings. The summed E-state index contributed by atoms with van der Waals surface area (Å²) >= 11 is 0. The largest absolute Gasteiger partial charge is 0.493 e. The van der Waals surface area contributed by atoms with E-state index < -0.39 is 11.9 Å². The number of carboxylic acids is 1. The Morgan fingerprint density at radius 2 is 1.91 bits per heavy atom. The molecule has 0 aliphatic carbocycles. The molecule has 1 amide bonds. The van der Waals surface area contributed by atoms with Crippen LogP contribution in [-0.4, -0.2) is 58.6 Å². The van der Waals surface area contributed by atoms with Crippen LogP contribution in [0.2, 0.25) is 0 Å². The standard InChI is InChI=1S/C36H44FN3O4/c1-4-8-28(9-5-2)40(29-13-14-31(37)24(3)20-29)34(41)23-39-22-30(25-11-16-33-26(21-25)17-19-44-33)35(36(42)43)32(39)15-12-27-10-6-7-18-38-27/h6-7,10-11,13-14,16,18,20-21,28,30,32,35H,4-5,8-9,12,15,17,19,22-23H2,1-3H3,(H,42,43)/t30-,32+,35-/m1/s1. The first-order chi connectivity index (χ1) is 21.3. The molecule has 2 aliphatic rings. The third-order valence-electron chi connectivity index (χ3n) is 9.23. The molecule has 0 unspecified atom stereocenters. The number of hydrogen-bond donors (Lipinski definition) is 1. The summed E-state index contributed by atoms with van der Waals surface area (Å²) in [7, 11) is 0. The number of aliphatic carboxylic acids is 1. The maximum Gasteiger partial charge on any atom is 0.308 e. The Bertz CT molecular complexity index is 1440. The Labute approximate surface area is 260 Å². The van der Waals surface area contributed by atoms with Crippen molar-refractivity contribution in [2.75, 3.05) is 24.6 Å². The van der Waals surface area contributed by atoms with Crippen molar-refractivity contribution in [2.45, 2.75) is 83.7 Å². The number of rotatable bonds is 13. The number of carbonyl (C=O) groups is 2. The third kappa shape index (κ3) is 6.96. The molecule has 0 spiro atoms. The van der Waals surface area contributed by atoms with E-state index in [-0.39, 0.29) is 36.3 Å². The van der Waals surface area contributed by atoms with Crippen molar-refractivity contribution >= 4 is 17.6 Å². The fraction of sp³-hybridized carbons (Fsp3) is 0.472. The number of carboxylic acid groups (broad SMARTS) is 1. The monoisotopic (exact) mass is 601 g/mol. The molecule has 5 rings (SSSR count). The molecule has 0 radical (unpaired) electrons. The number of benzene rings is 2. The van der Waals surface area contributed by atoms with E-state index >= 15 is 0 Å². The Balaban J connectivity index is 1.49. The Morgan fingerprint density at radius 3 is 2.59 bits per heavy atom. The van der Waals surface area contributed by atoms with Gasteiger partial charge in [-0.05, 0) is 85.7 Å². The van der Waals surface area contributed by atoms with Gasteiger partial charge < -0.3 is 14.7 Å². The third-order valence-corrected chi connectivity index (χ3v) is 9.23. The van der Waals surface area contributed by atoms with Crippen molar-refractivity contribution in [1.82, 2.24) is 9.88 Å². The number of carbonyl (C=O) groups excluding carboxylic acids is 1. The summed E-state index contributed by atoms with van der Waals surface area (Å²) < 4.78 is 20.0. The quantitative estimate of drug-likeness (QED) is 0.239. The van der Waals surface area contributed by atoms with Gasteiger partial charge in [0.1, 0.15) is 11.6 Å². The molecule has 7 nitrogen and oxygen atoms in total. The number of amides is 1. The summed E-state index contributed by atoms with van der Waals surface area (Å²) in [5, 5.41) is 10.6. The van der Waals surface area contributed by atoms with Crippen LogP contribution in [0.4, 0.5) is 10.1 Å². The summed E-state index contributed by atoms with van der Waals surface area (Å²) in [5.41, 5.74) is 4.16. The second-order valence-corrected chi connectivity index (χ2v) is 12.2. The SMILES string of the molecule is CCCC(CCC)N(C(=O)CN1C[C@H](c2ccc3c(c2)CCO3)[C@@H](C(=O)O)[C@@H]1CCc1ccccn1)c1ccc(F)c(C)c1. The summed E-state index contributed by atoms with van der Waals surface area (Å²) in [6.07, 6.45) is 7.22. The molecule has 1 aromatic heterocycles. The van der Waals surface area contributed by atoms with E-state index in [2.05, 4.69) is 29.8 Å². The highest BCUT2D eigenvalue weighted by molar-refractivity contribution is 5.95. The Hall–Kier alpha value is -3.78. The van der Waals surface area contributed by atoms with Crippen LogP contribution in [0, 0.1) is 18.7 Å². The zero-order valence-electron chi connectivity index (χ0n) is 26.0. The first-order valence-corrected chi connectivity index (χ1v) is 16.0. The topological polar surface area (TPSA) is 83.0 Å². The average molecular weight is 602 g/mol. The number of likely N-dealkylation sites (tertiary alicyclic amines) is 1. The predicted octanol–water partition coefficient (Wildman–Crippen LogP) is 6.57. The minimum atomic E-state index is -0.853. The molecular formula is C36H44FN3O4. The number of aryl methyl sites for hydroxylation is 2. The molecule has 3 aromatic rings. The van der Waals surface area contributed by atoms with Crippen LogP contribution in [0.5, 0.6) is 5.75 Å². The van der Waals surface area contributed by atoms with Gasteiger partial charge in [0.25, 0.3) is 0 Å². The second kappa shape index (κ2) is 14.3. The maximum absolute atomic E-state index is 14.4. The molecule has 1 saturated heterocycles. The van der Waals surface area contributed by atoms with E-state index in [1.165, 1.54) is 6.07 Å². The normalized spacial score (nSPS) is 19.6. The number of aromatic nitrogens is 1. The minimum Gasteiger partial charge on any atom is -0.493 e. The van der Waals surface area contributed by atoms with Crippen molar-refractivity contribution in [3.05, 3.63) is 89.0 Å². The number of anilines is 1. The van der Waals surface area contributed by atoms with E-state index in [1.54, 1.807) is 25.3 Å². The smallest absolute Gasteiger partial charge is 0.308 e. The van der Waals surface area contributed by atoms with Crippen molar-refractivity contribution in [1.29, 1.82) is 0 Å². The zero-order chi connectivity index (χ0) is 31.2. The molecule has 44 heavy (non-hydrogen) atoms. The van der Waals surface area contributed by atoms with Gasteiger partial charge in [-0.2, -0.15) is 0 Å². The van der Waals surface area contributed by atoms with E-state index in [0.29, 0.717) is 37.2 Å². The van der Waals surface area contributed by atoms with Gasteiger partial charge in [0, 0.05) is 48.5 Å². The van der Waals surface area contributed by atoms with Crippen LogP contribution in [-0.2, 0) is 22.4 Å². The highest BCUT2D eigenvalue weighted by Crippen LogP contribution is 2.41. The second-order valence-electron chi connectivity index (χ2n) is 12.2. The van der Waals surface area contributed by atoms with E-state index in [1.807, 2.05) is 35.2 Å². The van der Waals surface area contributed by atoms with Crippen molar-refractivity contribution in [3.63, 3.8) is 0 Å². The van der Waals surface area contributed by atoms with Gasteiger partial charge in [-0.25, -0.2) is 4.39 Å². The van der Waals surface area contributed by atoms with Gasteiger partial charge in [-0.1, -0.05) is 44.9 Å². The van der Waals surface area contributed by atoms with Gasteiger partial charge in [0.05, 0.1) is 19.1 Å². The summed E-state index contributed by atoms with van der Waals surface area (Å²) in [6.45, 7) is 7.11. The lowest BCUT2D eigenvalue weighted by atomic mass is 9.83. The summed E-state index contributed by atoms with van der Waals surface area (Å²) in [4.78, 5) is 35.8. The van der Waals surface area contributed by atoms with E-state index in [4.69, 9.17) is 4.74 Å². The van der Waals surface area contributed by atoms with Gasteiger partial charge in [-0.3, -0.25) is 19.5 Å². The van der Waals surface area contributed by atoms with Crippen LogP contribution in [0.15, 0.2) is 60.8 Å². The first-order valence-electron chi connectivity index (χ1n) is 16.0. The molecule has 8 heteroatoms. The van der Waals surface area contributed by atoms with Crippen molar-refractivity contribution < 1.29 is 23.8 Å². The molecule has 0 bridgehead atoms. The number of pyridine rings is 1. The minimum absolute atomic E-state index is 0.0280. The molecule has 3 atom stereocenters. The van der Waals surface area contributed by atoms with Crippen LogP contribution in [0.1, 0.15) is 74.3 Å². The first kappa shape index (κ1) is 31.6. The van der Waals surface area contributed by atoms with Crippen LogP contribution >= 0.6 is 0 Å². The lowest BCUT2D eigenvalue weighted by Crippen LogP contribution is -2.48. The highest BCUT2D eigenvalue weighted by Gasteiger charge is 2.47. The Morgan fingerprint density at radius 1 is 1.11 bits per heavy atom. The molecular weight excluding hydrogens is 557 g/mol. The lowest BCUT2D eigenvalue weighted by Gasteiger charge is -2.35. The summed E-state index contributed by atoms with van der Waals surface area (Å²) in [5.74, 6) is -1.34. The number of ether oxygens (including phenoxy) is 1. The molecule has 1 N–H and O–H groups in total. The van der Waals surface area contributed by atoms with E-state index in [0.717, 1.165) is 54.7 Å². The maximum atomic E-state index is 14.4.